The Morgan fingerprint density at radius 2 is 2.00 bits per heavy atom. The lowest BCUT2D eigenvalue weighted by Gasteiger charge is -2.34. The third kappa shape index (κ3) is 3.25. The highest BCUT2D eigenvalue weighted by Crippen LogP contribution is 2.54. The molecule has 0 spiro atoms. The molecule has 158 valence electrons. The Morgan fingerprint density at radius 1 is 1.19 bits per heavy atom. The Balaban J connectivity index is 1.38. The standard InChI is InChI=1S/C20H16F2N6O2S/c21-13-3-1-12(2-4-13)20-8-7-18(29)28(20)17(10-31-20)19(30)24-14-5-6-16(15(22)9-14)27-11-23-25-26-27/h1-6,9,11,17H,7-8,10H2,(H,24,30). The summed E-state index contributed by atoms with van der Waals surface area (Å²) >= 11 is 1.50. The highest BCUT2D eigenvalue weighted by Gasteiger charge is 2.56. The number of nitrogens with one attached hydrogen (secondary N) is 1. The predicted octanol–water partition coefficient (Wildman–Crippen LogP) is 2.47. The smallest absolute Gasteiger partial charge is 0.248 e. The molecule has 0 aliphatic carbocycles. The Kier molecular flexibility index (Phi) is 4.69. The van der Waals surface area contributed by atoms with Gasteiger partial charge < -0.3 is 10.2 Å². The van der Waals surface area contributed by atoms with Crippen molar-refractivity contribution in [1.29, 1.82) is 0 Å². The van der Waals surface area contributed by atoms with Gasteiger partial charge in [-0.25, -0.2) is 8.78 Å². The lowest BCUT2D eigenvalue weighted by Crippen LogP contribution is -2.48. The van der Waals surface area contributed by atoms with E-state index < -0.39 is 22.6 Å². The number of tetrazole rings is 1. The molecule has 3 aromatic rings. The second kappa shape index (κ2) is 7.41. The third-order valence-electron chi connectivity index (χ3n) is 5.54. The summed E-state index contributed by atoms with van der Waals surface area (Å²) in [5.41, 5.74) is 1.19. The van der Waals surface area contributed by atoms with E-state index in [1.54, 1.807) is 23.1 Å². The lowest BCUT2D eigenvalue weighted by atomic mass is 10.0. The SMILES string of the molecule is O=C(Nc1ccc(-n2cnnn2)c(F)c1)C1CSC2(c3ccc(F)cc3)CCC(=O)N12. The summed E-state index contributed by atoms with van der Waals surface area (Å²) in [5.74, 6) is -1.11. The molecule has 2 aliphatic rings. The summed E-state index contributed by atoms with van der Waals surface area (Å²) in [6.45, 7) is 0. The van der Waals surface area contributed by atoms with Crippen LogP contribution >= 0.6 is 11.8 Å². The molecule has 2 amide bonds. The zero-order valence-corrected chi connectivity index (χ0v) is 16.9. The van der Waals surface area contributed by atoms with Crippen LogP contribution in [0.15, 0.2) is 48.8 Å². The molecule has 1 N–H and O–H groups in total. The van der Waals surface area contributed by atoms with E-state index >= 15 is 0 Å². The maximum absolute atomic E-state index is 14.5. The monoisotopic (exact) mass is 442 g/mol. The maximum atomic E-state index is 14.5. The van der Waals surface area contributed by atoms with E-state index in [-0.39, 0.29) is 23.1 Å². The van der Waals surface area contributed by atoms with Crippen molar-refractivity contribution >= 4 is 29.3 Å². The Bertz CT molecular complexity index is 1160. The summed E-state index contributed by atoms with van der Waals surface area (Å²) in [5, 5.41) is 13.3. The van der Waals surface area contributed by atoms with Crippen LogP contribution in [0.5, 0.6) is 0 Å². The average Bonchev–Trinajstić information content (AvgIpc) is 3.47. The fraction of sp³-hybridized carbons (Fsp3) is 0.250. The molecule has 2 aromatic carbocycles. The first-order valence-electron chi connectivity index (χ1n) is 9.54. The molecule has 1 aromatic heterocycles. The van der Waals surface area contributed by atoms with E-state index in [2.05, 4.69) is 20.8 Å². The summed E-state index contributed by atoms with van der Waals surface area (Å²) in [6.07, 6.45) is 2.12. The van der Waals surface area contributed by atoms with Gasteiger partial charge in [0.25, 0.3) is 0 Å². The predicted molar refractivity (Wildman–Crippen MR) is 108 cm³/mol. The Hall–Kier alpha value is -3.34. The van der Waals surface area contributed by atoms with Crippen LogP contribution in [0.1, 0.15) is 18.4 Å². The number of rotatable bonds is 4. The number of aromatic nitrogens is 4. The van der Waals surface area contributed by atoms with E-state index in [1.807, 2.05) is 0 Å². The minimum Gasteiger partial charge on any atom is -0.324 e. The van der Waals surface area contributed by atoms with Crippen molar-refractivity contribution in [1.82, 2.24) is 25.1 Å². The first-order valence-corrected chi connectivity index (χ1v) is 10.5. The van der Waals surface area contributed by atoms with Crippen LogP contribution in [0.4, 0.5) is 14.5 Å². The van der Waals surface area contributed by atoms with Crippen LogP contribution in [-0.2, 0) is 14.5 Å². The van der Waals surface area contributed by atoms with Gasteiger partial charge in [0.2, 0.25) is 11.8 Å². The van der Waals surface area contributed by atoms with Gasteiger partial charge in [0.1, 0.15) is 28.7 Å². The van der Waals surface area contributed by atoms with Gasteiger partial charge in [-0.15, -0.1) is 16.9 Å². The minimum absolute atomic E-state index is 0.130. The van der Waals surface area contributed by atoms with Gasteiger partial charge >= 0.3 is 0 Å². The zero-order chi connectivity index (χ0) is 21.6. The topological polar surface area (TPSA) is 93.0 Å². The number of benzene rings is 2. The fourth-order valence-electron chi connectivity index (χ4n) is 4.11. The highest BCUT2D eigenvalue weighted by atomic mass is 32.2. The van der Waals surface area contributed by atoms with Crippen LogP contribution in [0, 0.1) is 11.6 Å². The van der Waals surface area contributed by atoms with Crippen LogP contribution in [0.2, 0.25) is 0 Å². The third-order valence-corrected chi connectivity index (χ3v) is 7.13. The van der Waals surface area contributed by atoms with Gasteiger partial charge in [0, 0.05) is 17.9 Å². The van der Waals surface area contributed by atoms with Crippen molar-refractivity contribution in [3.63, 3.8) is 0 Å². The van der Waals surface area contributed by atoms with Gasteiger partial charge in [0.05, 0.1) is 0 Å². The lowest BCUT2D eigenvalue weighted by molar-refractivity contribution is -0.136. The number of nitrogens with zero attached hydrogens (tertiary/aromatic N) is 5. The molecule has 0 radical (unpaired) electrons. The normalized spacial score (nSPS) is 22.6. The average molecular weight is 442 g/mol. The summed E-state index contributed by atoms with van der Waals surface area (Å²) in [6, 6.07) is 9.47. The van der Waals surface area contributed by atoms with E-state index in [4.69, 9.17) is 0 Å². The number of amides is 2. The first-order chi connectivity index (χ1) is 15.0. The second-order valence-corrected chi connectivity index (χ2v) is 8.59. The van der Waals surface area contributed by atoms with Crippen molar-refractivity contribution in [3.05, 3.63) is 66.0 Å². The van der Waals surface area contributed by atoms with Crippen LogP contribution < -0.4 is 5.32 Å². The molecule has 2 atom stereocenters. The van der Waals surface area contributed by atoms with E-state index in [0.29, 0.717) is 18.6 Å². The number of hydrogen-bond donors (Lipinski definition) is 1. The Morgan fingerprint density at radius 3 is 2.71 bits per heavy atom. The number of thioether (sulfide) groups is 1. The van der Waals surface area contributed by atoms with Gasteiger partial charge in [0.15, 0.2) is 5.82 Å². The maximum Gasteiger partial charge on any atom is 0.248 e. The number of fused-ring (bicyclic) bond motifs is 1. The van der Waals surface area contributed by atoms with Crippen LogP contribution in [-0.4, -0.2) is 48.7 Å². The van der Waals surface area contributed by atoms with Crippen molar-refractivity contribution < 1.29 is 18.4 Å². The molecular formula is C20H16F2N6O2S. The summed E-state index contributed by atoms with van der Waals surface area (Å²) < 4.78 is 29.0. The van der Waals surface area contributed by atoms with E-state index in [1.165, 1.54) is 47.0 Å². The van der Waals surface area contributed by atoms with Gasteiger partial charge in [-0.2, -0.15) is 4.68 Å². The number of carbonyl (C=O) groups excluding carboxylic acids is 2. The molecule has 5 rings (SSSR count). The molecule has 0 bridgehead atoms. The number of halogens is 2. The molecule has 2 saturated heterocycles. The molecule has 31 heavy (non-hydrogen) atoms. The summed E-state index contributed by atoms with van der Waals surface area (Å²) in [7, 11) is 0. The van der Waals surface area contributed by atoms with Crippen molar-refractivity contribution in [2.75, 3.05) is 11.1 Å². The van der Waals surface area contributed by atoms with Crippen LogP contribution in [0.3, 0.4) is 0 Å². The molecule has 11 heteroatoms. The molecule has 2 unspecified atom stereocenters. The van der Waals surface area contributed by atoms with Gasteiger partial charge in [-0.05, 0) is 52.7 Å². The van der Waals surface area contributed by atoms with E-state index in [9.17, 15) is 18.4 Å². The van der Waals surface area contributed by atoms with E-state index in [0.717, 1.165) is 5.56 Å². The van der Waals surface area contributed by atoms with Crippen molar-refractivity contribution in [2.45, 2.75) is 23.8 Å². The highest BCUT2D eigenvalue weighted by molar-refractivity contribution is 8.00. The molecule has 0 saturated carbocycles. The quantitative estimate of drug-likeness (QED) is 0.667. The zero-order valence-electron chi connectivity index (χ0n) is 16.0. The Labute approximate surface area is 179 Å². The molecule has 2 aliphatic heterocycles. The van der Waals surface area contributed by atoms with Gasteiger partial charge in [-0.3, -0.25) is 9.59 Å². The molecule has 2 fully saturated rings. The minimum atomic E-state index is -0.715. The number of hydrogen-bond acceptors (Lipinski definition) is 6. The number of anilines is 1. The summed E-state index contributed by atoms with van der Waals surface area (Å²) in [4.78, 5) is 26.6. The van der Waals surface area contributed by atoms with Crippen molar-refractivity contribution in [3.8, 4) is 5.69 Å². The molecular weight excluding hydrogens is 426 g/mol. The number of carbonyl (C=O) groups is 2. The second-order valence-electron chi connectivity index (χ2n) is 7.29. The fourth-order valence-corrected chi connectivity index (χ4v) is 5.77. The van der Waals surface area contributed by atoms with Crippen molar-refractivity contribution in [2.24, 2.45) is 0 Å². The molecule has 3 heterocycles. The van der Waals surface area contributed by atoms with Gasteiger partial charge in [-0.1, -0.05) is 12.1 Å². The molecule has 8 nitrogen and oxygen atoms in total. The van der Waals surface area contributed by atoms with Crippen LogP contribution in [0.25, 0.3) is 5.69 Å². The first kappa shape index (κ1) is 19.6. The largest absolute Gasteiger partial charge is 0.324 e.